The second kappa shape index (κ2) is 8.70. The van der Waals surface area contributed by atoms with Gasteiger partial charge in [-0.3, -0.25) is 0 Å². The Hall–Kier alpha value is -0.520. The lowest BCUT2D eigenvalue weighted by Crippen LogP contribution is -2.28. The van der Waals surface area contributed by atoms with Crippen LogP contribution in [0.15, 0.2) is 18.2 Å². The summed E-state index contributed by atoms with van der Waals surface area (Å²) in [6, 6.07) is 6.15. The predicted octanol–water partition coefficient (Wildman–Crippen LogP) is 3.03. The zero-order valence-corrected chi connectivity index (χ0v) is 13.8. The van der Waals surface area contributed by atoms with E-state index in [-0.39, 0.29) is 0 Å². The molecule has 0 spiro atoms. The highest BCUT2D eigenvalue weighted by Gasteiger charge is 2.13. The highest BCUT2D eigenvalue weighted by Crippen LogP contribution is 2.28. The van der Waals surface area contributed by atoms with Crippen molar-refractivity contribution in [2.24, 2.45) is 0 Å². The highest BCUT2D eigenvalue weighted by atomic mass is 32.2. The van der Waals surface area contributed by atoms with Gasteiger partial charge in [-0.05, 0) is 24.6 Å². The maximum absolute atomic E-state index is 5.53. The molecule has 3 nitrogen and oxygen atoms in total. The Morgan fingerprint density at radius 1 is 1.30 bits per heavy atom. The van der Waals surface area contributed by atoms with Crippen LogP contribution in [-0.4, -0.2) is 42.8 Å². The summed E-state index contributed by atoms with van der Waals surface area (Å²) in [5.41, 5.74) is 1.23. The molecular weight excluding hydrogens is 290 g/mol. The molecule has 20 heavy (non-hydrogen) atoms. The van der Waals surface area contributed by atoms with E-state index in [0.29, 0.717) is 6.61 Å². The van der Waals surface area contributed by atoms with E-state index in [4.69, 9.17) is 9.47 Å². The lowest BCUT2D eigenvalue weighted by atomic mass is 10.2. The highest BCUT2D eigenvalue weighted by molar-refractivity contribution is 8.06. The first-order chi connectivity index (χ1) is 9.83. The van der Waals surface area contributed by atoms with Crippen LogP contribution in [0.4, 0.5) is 0 Å². The van der Waals surface area contributed by atoms with Gasteiger partial charge in [0.15, 0.2) is 11.5 Å². The Labute approximate surface area is 130 Å². The molecule has 0 bridgehead atoms. The summed E-state index contributed by atoms with van der Waals surface area (Å²) in [6.07, 6.45) is 0. The molecule has 1 aromatic carbocycles. The zero-order valence-electron chi connectivity index (χ0n) is 12.2. The van der Waals surface area contributed by atoms with E-state index < -0.39 is 0 Å². The average Bonchev–Trinajstić information content (AvgIpc) is 2.50. The first kappa shape index (κ1) is 15.9. The number of hydrogen-bond donors (Lipinski definition) is 1. The van der Waals surface area contributed by atoms with Gasteiger partial charge in [-0.1, -0.05) is 6.07 Å². The minimum atomic E-state index is 0.657. The standard InChI is InChI=1S/C15H23NO2S2/c1-3-18-14-5-4-12(8-15(14)17-2)9-16-10-13-11-19-6-7-20-13/h4-5,8,13,16H,3,6-7,9-11H2,1-2H3. The molecule has 0 aliphatic carbocycles. The monoisotopic (exact) mass is 313 g/mol. The van der Waals surface area contributed by atoms with E-state index >= 15 is 0 Å². The Balaban J connectivity index is 1.82. The maximum Gasteiger partial charge on any atom is 0.161 e. The van der Waals surface area contributed by atoms with E-state index in [1.54, 1.807) is 7.11 Å². The second-order valence-electron chi connectivity index (χ2n) is 4.62. The number of benzene rings is 1. The molecule has 2 rings (SSSR count). The number of methoxy groups -OCH3 is 1. The van der Waals surface area contributed by atoms with E-state index in [1.807, 2.05) is 13.0 Å². The summed E-state index contributed by atoms with van der Waals surface area (Å²) in [7, 11) is 1.69. The van der Waals surface area contributed by atoms with Gasteiger partial charge >= 0.3 is 0 Å². The molecule has 1 aliphatic heterocycles. The Kier molecular flexibility index (Phi) is 6.90. The average molecular weight is 313 g/mol. The molecule has 0 amide bonds. The summed E-state index contributed by atoms with van der Waals surface area (Å²) in [5, 5.41) is 4.29. The van der Waals surface area contributed by atoms with Crippen molar-refractivity contribution >= 4 is 23.5 Å². The quantitative estimate of drug-likeness (QED) is 0.836. The van der Waals surface area contributed by atoms with Crippen molar-refractivity contribution in [3.63, 3.8) is 0 Å². The van der Waals surface area contributed by atoms with Crippen molar-refractivity contribution in [3.8, 4) is 11.5 Å². The minimum absolute atomic E-state index is 0.657. The number of hydrogen-bond acceptors (Lipinski definition) is 5. The van der Waals surface area contributed by atoms with E-state index in [2.05, 4.69) is 41.0 Å². The maximum atomic E-state index is 5.53. The van der Waals surface area contributed by atoms with Crippen molar-refractivity contribution in [1.29, 1.82) is 0 Å². The van der Waals surface area contributed by atoms with E-state index in [1.165, 1.54) is 22.8 Å². The largest absolute Gasteiger partial charge is 0.493 e. The van der Waals surface area contributed by atoms with Crippen LogP contribution >= 0.6 is 23.5 Å². The Bertz CT molecular complexity index is 409. The topological polar surface area (TPSA) is 30.5 Å². The van der Waals surface area contributed by atoms with Crippen LogP contribution in [0.2, 0.25) is 0 Å². The van der Waals surface area contributed by atoms with Crippen LogP contribution in [0, 0.1) is 0 Å². The Morgan fingerprint density at radius 3 is 2.90 bits per heavy atom. The molecule has 1 heterocycles. The van der Waals surface area contributed by atoms with Gasteiger partial charge in [0.05, 0.1) is 13.7 Å². The second-order valence-corrected chi connectivity index (χ2v) is 7.17. The molecule has 1 fully saturated rings. The van der Waals surface area contributed by atoms with Crippen LogP contribution in [0.25, 0.3) is 0 Å². The molecule has 1 aliphatic rings. The van der Waals surface area contributed by atoms with Gasteiger partial charge in [0.25, 0.3) is 0 Å². The fraction of sp³-hybridized carbons (Fsp3) is 0.600. The molecule has 0 aromatic heterocycles. The molecule has 0 saturated carbocycles. The van der Waals surface area contributed by atoms with Crippen LogP contribution < -0.4 is 14.8 Å². The molecule has 1 N–H and O–H groups in total. The third-order valence-electron chi connectivity index (χ3n) is 3.11. The van der Waals surface area contributed by atoms with Gasteiger partial charge in [0.1, 0.15) is 0 Å². The first-order valence-electron chi connectivity index (χ1n) is 7.03. The van der Waals surface area contributed by atoms with Gasteiger partial charge in [0, 0.05) is 35.6 Å². The Morgan fingerprint density at radius 2 is 2.20 bits per heavy atom. The van der Waals surface area contributed by atoms with Gasteiger partial charge in [0.2, 0.25) is 0 Å². The number of ether oxygens (including phenoxy) is 2. The lowest BCUT2D eigenvalue weighted by Gasteiger charge is -2.21. The van der Waals surface area contributed by atoms with Crippen molar-refractivity contribution in [2.75, 3.05) is 37.5 Å². The zero-order chi connectivity index (χ0) is 14.2. The smallest absolute Gasteiger partial charge is 0.161 e. The van der Waals surface area contributed by atoms with Gasteiger partial charge in [-0.15, -0.1) is 0 Å². The number of nitrogens with one attached hydrogen (secondary N) is 1. The molecule has 0 radical (unpaired) electrons. The first-order valence-corrected chi connectivity index (χ1v) is 9.23. The van der Waals surface area contributed by atoms with Crippen molar-refractivity contribution in [3.05, 3.63) is 23.8 Å². The normalized spacial score (nSPS) is 18.8. The summed E-state index contributed by atoms with van der Waals surface area (Å²) in [6.45, 7) is 4.59. The summed E-state index contributed by atoms with van der Waals surface area (Å²) < 4.78 is 10.9. The summed E-state index contributed by atoms with van der Waals surface area (Å²) in [4.78, 5) is 0. The lowest BCUT2D eigenvalue weighted by molar-refractivity contribution is 0.310. The summed E-state index contributed by atoms with van der Waals surface area (Å²) in [5.74, 6) is 5.49. The van der Waals surface area contributed by atoms with Gasteiger partial charge in [-0.2, -0.15) is 23.5 Å². The third-order valence-corrected chi connectivity index (χ3v) is 5.96. The molecule has 5 heteroatoms. The third kappa shape index (κ3) is 4.79. The van der Waals surface area contributed by atoms with Crippen molar-refractivity contribution < 1.29 is 9.47 Å². The number of rotatable bonds is 7. The fourth-order valence-corrected chi connectivity index (χ4v) is 4.77. The van der Waals surface area contributed by atoms with Crippen LogP contribution in [-0.2, 0) is 6.54 Å². The molecular formula is C15H23NO2S2. The van der Waals surface area contributed by atoms with Crippen molar-refractivity contribution in [1.82, 2.24) is 5.32 Å². The molecule has 1 saturated heterocycles. The predicted molar refractivity (Wildman–Crippen MR) is 89.4 cm³/mol. The van der Waals surface area contributed by atoms with E-state index in [9.17, 15) is 0 Å². The molecule has 1 aromatic rings. The van der Waals surface area contributed by atoms with Crippen LogP contribution in [0.1, 0.15) is 12.5 Å². The van der Waals surface area contributed by atoms with E-state index in [0.717, 1.165) is 29.8 Å². The minimum Gasteiger partial charge on any atom is -0.493 e. The van der Waals surface area contributed by atoms with Crippen LogP contribution in [0.5, 0.6) is 11.5 Å². The van der Waals surface area contributed by atoms with Gasteiger partial charge < -0.3 is 14.8 Å². The number of thioether (sulfide) groups is 2. The van der Waals surface area contributed by atoms with Crippen molar-refractivity contribution in [2.45, 2.75) is 18.7 Å². The molecule has 112 valence electrons. The molecule has 1 atom stereocenters. The van der Waals surface area contributed by atoms with Gasteiger partial charge in [-0.25, -0.2) is 0 Å². The fourth-order valence-electron chi connectivity index (χ4n) is 2.13. The SMILES string of the molecule is CCOc1ccc(CNCC2CSCCS2)cc1OC. The van der Waals surface area contributed by atoms with Crippen LogP contribution in [0.3, 0.4) is 0 Å². The summed E-state index contributed by atoms with van der Waals surface area (Å²) >= 11 is 4.15. The molecule has 1 unspecified atom stereocenters.